The summed E-state index contributed by atoms with van der Waals surface area (Å²) >= 11 is 1.60. The molecule has 2 amide bonds. The Morgan fingerprint density at radius 3 is 2.79 bits per heavy atom. The van der Waals surface area contributed by atoms with Crippen molar-refractivity contribution in [3.8, 4) is 0 Å². The summed E-state index contributed by atoms with van der Waals surface area (Å²) in [6.45, 7) is 3.48. The number of aryl methyl sites for hydroxylation is 1. The number of thiophene rings is 1. The number of methoxy groups -OCH3 is 1. The molecule has 170 valence electrons. The van der Waals surface area contributed by atoms with E-state index in [-0.39, 0.29) is 11.8 Å². The molecule has 1 unspecified atom stereocenters. The van der Waals surface area contributed by atoms with Crippen LogP contribution in [0.3, 0.4) is 0 Å². The molecule has 0 aliphatic carbocycles. The van der Waals surface area contributed by atoms with Crippen molar-refractivity contribution in [2.75, 3.05) is 13.7 Å². The van der Waals surface area contributed by atoms with Gasteiger partial charge in [-0.05, 0) is 53.1 Å². The highest BCUT2D eigenvalue weighted by Gasteiger charge is 2.24. The zero-order chi connectivity index (χ0) is 23.2. The van der Waals surface area contributed by atoms with E-state index < -0.39 is 6.10 Å². The highest BCUT2D eigenvalue weighted by atomic mass is 32.1. The van der Waals surface area contributed by atoms with Gasteiger partial charge in [0.2, 0.25) is 5.91 Å². The topological polar surface area (TPSA) is 71.5 Å². The molecule has 1 aliphatic heterocycles. The van der Waals surface area contributed by atoms with Gasteiger partial charge in [-0.15, -0.1) is 11.3 Å². The number of nitrogens with one attached hydrogen (secondary N) is 1. The first-order valence-corrected chi connectivity index (χ1v) is 11.8. The summed E-state index contributed by atoms with van der Waals surface area (Å²) < 4.78 is 5.44. The van der Waals surface area contributed by atoms with Gasteiger partial charge in [0, 0.05) is 49.6 Å². The minimum atomic E-state index is -0.665. The van der Waals surface area contributed by atoms with Crippen LogP contribution in [0.25, 0.3) is 6.08 Å². The Morgan fingerprint density at radius 2 is 2.06 bits per heavy atom. The van der Waals surface area contributed by atoms with E-state index in [0.717, 1.165) is 33.7 Å². The van der Waals surface area contributed by atoms with Gasteiger partial charge in [0.1, 0.15) is 0 Å². The van der Waals surface area contributed by atoms with Crippen molar-refractivity contribution in [2.24, 2.45) is 0 Å². The predicted octanol–water partition coefficient (Wildman–Crippen LogP) is 4.05. The number of hydrogen-bond acceptors (Lipinski definition) is 5. The van der Waals surface area contributed by atoms with Gasteiger partial charge in [0.25, 0.3) is 5.91 Å². The molecule has 3 aromatic rings. The van der Waals surface area contributed by atoms with Gasteiger partial charge in [-0.1, -0.05) is 36.4 Å². The molecule has 3 heterocycles. The fraction of sp³-hybridized carbons (Fsp3) is 0.269. The van der Waals surface area contributed by atoms with Crippen molar-refractivity contribution in [3.05, 3.63) is 92.9 Å². The van der Waals surface area contributed by atoms with E-state index in [1.165, 1.54) is 12.7 Å². The van der Waals surface area contributed by atoms with Crippen LogP contribution in [-0.2, 0) is 33.8 Å². The maximum Gasteiger partial charge on any atom is 0.254 e. The Labute approximate surface area is 197 Å². The highest BCUT2D eigenvalue weighted by molar-refractivity contribution is 7.10. The van der Waals surface area contributed by atoms with Crippen molar-refractivity contribution in [1.82, 2.24) is 15.2 Å². The summed E-state index contributed by atoms with van der Waals surface area (Å²) in [6.07, 6.45) is 5.40. The summed E-state index contributed by atoms with van der Waals surface area (Å²) in [6, 6.07) is 13.4. The molecule has 0 saturated carbocycles. The van der Waals surface area contributed by atoms with Gasteiger partial charge >= 0.3 is 0 Å². The Kier molecular flexibility index (Phi) is 7.32. The fourth-order valence-electron chi connectivity index (χ4n) is 4.08. The van der Waals surface area contributed by atoms with Gasteiger partial charge in [-0.25, -0.2) is 0 Å². The van der Waals surface area contributed by atoms with Crippen molar-refractivity contribution in [3.63, 3.8) is 0 Å². The molecule has 7 heteroatoms. The third-order valence-corrected chi connectivity index (χ3v) is 6.69. The Morgan fingerprint density at radius 1 is 1.24 bits per heavy atom. The van der Waals surface area contributed by atoms with Crippen LogP contribution in [0.1, 0.15) is 38.9 Å². The number of pyridine rings is 1. The van der Waals surface area contributed by atoms with E-state index in [0.29, 0.717) is 19.6 Å². The maximum atomic E-state index is 12.8. The van der Waals surface area contributed by atoms with Crippen LogP contribution in [0.5, 0.6) is 0 Å². The van der Waals surface area contributed by atoms with Crippen molar-refractivity contribution in [1.29, 1.82) is 0 Å². The number of carbonyl (C=O) groups is 2. The molecule has 4 rings (SSSR count). The summed E-state index contributed by atoms with van der Waals surface area (Å²) in [4.78, 5) is 32.9. The lowest BCUT2D eigenvalue weighted by molar-refractivity contribution is -0.131. The average molecular weight is 462 g/mol. The standard InChI is InChI=1S/C26H27N3O3S/c1-18-23(16-28-26(31)25(32-2)19-7-4-3-5-8-19)22-12-13-29(17-20(22)15-27-18)24(30)11-10-21-9-6-14-33-21/h3-11,14-15,25H,12-13,16-17H2,1-2H3,(H,28,31)/b11-10+. The number of amides is 2. The zero-order valence-corrected chi connectivity index (χ0v) is 19.6. The van der Waals surface area contributed by atoms with E-state index in [1.807, 2.05) is 71.9 Å². The lowest BCUT2D eigenvalue weighted by atomic mass is 9.94. The largest absolute Gasteiger partial charge is 0.367 e. The quantitative estimate of drug-likeness (QED) is 0.539. The van der Waals surface area contributed by atoms with Gasteiger partial charge in [0.05, 0.1) is 0 Å². The second-order valence-electron chi connectivity index (χ2n) is 7.93. The number of nitrogens with zero attached hydrogens (tertiary/aromatic N) is 2. The van der Waals surface area contributed by atoms with Gasteiger partial charge < -0.3 is 15.0 Å². The number of aromatic nitrogens is 1. The Bertz CT molecular complexity index is 1140. The van der Waals surface area contributed by atoms with Crippen LogP contribution >= 0.6 is 11.3 Å². The SMILES string of the molecule is COC(C(=O)NCc1c(C)ncc2c1CCN(C(=O)/C=C/c1cccs1)C2)c1ccccc1. The Balaban J connectivity index is 1.44. The molecule has 0 saturated heterocycles. The van der Waals surface area contributed by atoms with Crippen LogP contribution in [-0.4, -0.2) is 35.4 Å². The minimum absolute atomic E-state index is 0.00437. The number of hydrogen-bond donors (Lipinski definition) is 1. The first-order chi connectivity index (χ1) is 16.1. The van der Waals surface area contributed by atoms with E-state index in [9.17, 15) is 9.59 Å². The molecule has 0 bridgehead atoms. The monoisotopic (exact) mass is 461 g/mol. The van der Waals surface area contributed by atoms with Crippen LogP contribution in [0.2, 0.25) is 0 Å². The highest BCUT2D eigenvalue weighted by Crippen LogP contribution is 2.25. The van der Waals surface area contributed by atoms with Crippen molar-refractivity contribution in [2.45, 2.75) is 32.5 Å². The molecule has 0 fully saturated rings. The van der Waals surface area contributed by atoms with Crippen LogP contribution in [0.4, 0.5) is 0 Å². The second-order valence-corrected chi connectivity index (χ2v) is 8.91. The molecule has 0 radical (unpaired) electrons. The van der Waals surface area contributed by atoms with E-state index in [1.54, 1.807) is 17.4 Å². The smallest absolute Gasteiger partial charge is 0.254 e. The lowest BCUT2D eigenvalue weighted by Gasteiger charge is -2.30. The molecule has 0 spiro atoms. The van der Waals surface area contributed by atoms with E-state index in [2.05, 4.69) is 10.3 Å². The molecule has 33 heavy (non-hydrogen) atoms. The summed E-state index contributed by atoms with van der Waals surface area (Å²) in [5, 5.41) is 5.01. The maximum absolute atomic E-state index is 12.8. The molecule has 1 N–H and O–H groups in total. The van der Waals surface area contributed by atoms with Gasteiger partial charge in [-0.3, -0.25) is 14.6 Å². The summed E-state index contributed by atoms with van der Waals surface area (Å²) in [5.74, 6) is -0.192. The second kappa shape index (κ2) is 10.6. The van der Waals surface area contributed by atoms with Crippen LogP contribution < -0.4 is 5.32 Å². The number of fused-ring (bicyclic) bond motifs is 1. The van der Waals surface area contributed by atoms with Crippen LogP contribution in [0, 0.1) is 6.92 Å². The zero-order valence-electron chi connectivity index (χ0n) is 18.8. The first-order valence-electron chi connectivity index (χ1n) is 10.9. The average Bonchev–Trinajstić information content (AvgIpc) is 3.36. The minimum Gasteiger partial charge on any atom is -0.367 e. The lowest BCUT2D eigenvalue weighted by Crippen LogP contribution is -2.36. The number of ether oxygens (including phenoxy) is 1. The number of benzene rings is 1. The molecular weight excluding hydrogens is 434 g/mol. The number of rotatable bonds is 7. The molecule has 1 aromatic carbocycles. The third kappa shape index (κ3) is 5.38. The summed E-state index contributed by atoms with van der Waals surface area (Å²) in [5.41, 5.74) is 4.92. The van der Waals surface area contributed by atoms with E-state index in [4.69, 9.17) is 4.74 Å². The normalized spacial score (nSPS) is 14.2. The van der Waals surface area contributed by atoms with Gasteiger partial charge in [0.15, 0.2) is 6.10 Å². The van der Waals surface area contributed by atoms with E-state index >= 15 is 0 Å². The third-order valence-electron chi connectivity index (χ3n) is 5.86. The molecule has 2 aromatic heterocycles. The summed E-state index contributed by atoms with van der Waals surface area (Å²) in [7, 11) is 1.53. The molecule has 1 aliphatic rings. The van der Waals surface area contributed by atoms with Gasteiger partial charge in [-0.2, -0.15) is 0 Å². The van der Waals surface area contributed by atoms with Crippen molar-refractivity contribution < 1.29 is 14.3 Å². The predicted molar refractivity (Wildman–Crippen MR) is 129 cm³/mol. The first kappa shape index (κ1) is 22.9. The number of carbonyl (C=O) groups excluding carboxylic acids is 2. The molecule has 1 atom stereocenters. The fourth-order valence-corrected chi connectivity index (χ4v) is 4.70. The molecular formula is C26H27N3O3S. The Hall–Kier alpha value is -3.29. The van der Waals surface area contributed by atoms with Crippen molar-refractivity contribution >= 4 is 29.2 Å². The van der Waals surface area contributed by atoms with Crippen LogP contribution in [0.15, 0.2) is 60.1 Å². The molecule has 6 nitrogen and oxygen atoms in total.